The normalized spacial score (nSPS) is 24.4. The average Bonchev–Trinajstić information content (AvgIpc) is 2.77. The second kappa shape index (κ2) is 3.69. The zero-order valence-corrected chi connectivity index (χ0v) is 10.3. The van der Waals surface area contributed by atoms with Gasteiger partial charge in [0.2, 0.25) is 0 Å². The van der Waals surface area contributed by atoms with E-state index in [0.29, 0.717) is 5.92 Å². The number of hydrogen-bond donors (Lipinski definition) is 1. The van der Waals surface area contributed by atoms with Gasteiger partial charge in [-0.15, -0.1) is 0 Å². The molecule has 4 rings (SSSR count). The summed E-state index contributed by atoms with van der Waals surface area (Å²) in [6, 6.07) is 8.64. The van der Waals surface area contributed by atoms with Gasteiger partial charge in [0, 0.05) is 12.5 Å². The van der Waals surface area contributed by atoms with Crippen LogP contribution in [0.2, 0.25) is 0 Å². The van der Waals surface area contributed by atoms with Gasteiger partial charge in [-0.25, -0.2) is 0 Å². The van der Waals surface area contributed by atoms with Crippen LogP contribution in [0, 0.1) is 5.92 Å². The van der Waals surface area contributed by atoms with E-state index in [9.17, 15) is 5.11 Å². The summed E-state index contributed by atoms with van der Waals surface area (Å²) in [7, 11) is 0. The monoisotopic (exact) mass is 236 g/mol. The van der Waals surface area contributed by atoms with Gasteiger partial charge in [-0.1, -0.05) is 42.0 Å². The van der Waals surface area contributed by atoms with E-state index in [-0.39, 0.29) is 6.61 Å². The molecule has 0 bridgehead atoms. The molecular weight excluding hydrogens is 220 g/mol. The molecule has 3 aliphatic rings. The molecule has 0 aliphatic heterocycles. The van der Waals surface area contributed by atoms with Crippen LogP contribution in [0.5, 0.6) is 0 Å². The van der Waals surface area contributed by atoms with Crippen molar-refractivity contribution < 1.29 is 5.11 Å². The fourth-order valence-electron chi connectivity index (χ4n) is 3.67. The van der Waals surface area contributed by atoms with Gasteiger partial charge in [-0.05, 0) is 46.4 Å². The summed E-state index contributed by atoms with van der Waals surface area (Å²) in [5, 5.41) is 12.4. The van der Waals surface area contributed by atoms with Gasteiger partial charge in [-0.3, -0.25) is 0 Å². The summed E-state index contributed by atoms with van der Waals surface area (Å²) in [4.78, 5) is 0. The van der Waals surface area contributed by atoms with Crippen LogP contribution in [-0.2, 0) is 0 Å². The first-order chi connectivity index (χ1) is 8.90. The van der Waals surface area contributed by atoms with Crippen LogP contribution in [0.3, 0.4) is 0 Å². The molecule has 1 nitrogen and oxygen atoms in total. The lowest BCUT2D eigenvalue weighted by molar-refractivity contribution is 0.248. The van der Waals surface area contributed by atoms with E-state index in [1.807, 2.05) is 0 Å². The Morgan fingerprint density at radius 2 is 2.00 bits per heavy atom. The van der Waals surface area contributed by atoms with E-state index in [4.69, 9.17) is 0 Å². The van der Waals surface area contributed by atoms with Crippen molar-refractivity contribution in [2.45, 2.75) is 19.3 Å². The average molecular weight is 236 g/mol. The predicted molar refractivity (Wildman–Crippen MR) is 73.1 cm³/mol. The first kappa shape index (κ1) is 10.3. The Morgan fingerprint density at radius 1 is 1.17 bits per heavy atom. The Labute approximate surface area is 106 Å². The molecule has 0 fully saturated rings. The van der Waals surface area contributed by atoms with Gasteiger partial charge in [0.1, 0.15) is 0 Å². The lowest BCUT2D eigenvalue weighted by atomic mass is 9.76. The van der Waals surface area contributed by atoms with Crippen LogP contribution in [0.15, 0.2) is 47.6 Å². The number of benzene rings is 1. The van der Waals surface area contributed by atoms with E-state index >= 15 is 0 Å². The van der Waals surface area contributed by atoms with E-state index in [1.165, 1.54) is 27.2 Å². The Bertz CT molecular complexity index is 703. The summed E-state index contributed by atoms with van der Waals surface area (Å²) < 4.78 is 0. The molecule has 0 heterocycles. The van der Waals surface area contributed by atoms with Crippen LogP contribution < -0.4 is 10.4 Å². The highest BCUT2D eigenvalue weighted by atomic mass is 16.3. The topological polar surface area (TPSA) is 20.2 Å². The van der Waals surface area contributed by atoms with E-state index in [2.05, 4.69) is 36.4 Å². The third kappa shape index (κ3) is 1.20. The molecule has 18 heavy (non-hydrogen) atoms. The third-order valence-corrected chi connectivity index (χ3v) is 4.47. The zero-order valence-electron chi connectivity index (χ0n) is 10.3. The highest BCUT2D eigenvalue weighted by molar-refractivity contribution is 5.96. The lowest BCUT2D eigenvalue weighted by Crippen LogP contribution is -2.26. The van der Waals surface area contributed by atoms with Gasteiger partial charge in [0.25, 0.3) is 0 Å². The molecule has 1 heteroatoms. The van der Waals surface area contributed by atoms with E-state index in [0.717, 1.165) is 19.3 Å². The maximum Gasteiger partial charge on any atom is 0.0500 e. The van der Waals surface area contributed by atoms with Crippen molar-refractivity contribution in [3.63, 3.8) is 0 Å². The van der Waals surface area contributed by atoms with Crippen LogP contribution in [0.25, 0.3) is 11.1 Å². The minimum atomic E-state index is 0.275. The molecular formula is C17H16O. The van der Waals surface area contributed by atoms with Crippen molar-refractivity contribution >= 4 is 11.1 Å². The minimum Gasteiger partial charge on any atom is -0.396 e. The van der Waals surface area contributed by atoms with Crippen molar-refractivity contribution in [2.24, 2.45) is 5.92 Å². The number of aliphatic hydroxyl groups excluding tert-OH is 1. The standard InChI is InChI=1S/C17H16O/c18-10-12-9-8-11-4-3-7-15-13-5-1-2-6-14(13)17(12)16(11)15/h1-3,5-7,12,18H,4,8-10H2. The Morgan fingerprint density at radius 3 is 2.83 bits per heavy atom. The molecule has 3 aliphatic carbocycles. The van der Waals surface area contributed by atoms with Crippen molar-refractivity contribution in [3.05, 3.63) is 58.0 Å². The Balaban J connectivity index is 2.17. The van der Waals surface area contributed by atoms with Gasteiger partial charge in [-0.2, -0.15) is 0 Å². The predicted octanol–water partition coefficient (Wildman–Crippen LogP) is 1.66. The van der Waals surface area contributed by atoms with Crippen LogP contribution in [0.1, 0.15) is 19.3 Å². The Kier molecular flexibility index (Phi) is 2.12. The molecule has 0 aromatic heterocycles. The summed E-state index contributed by atoms with van der Waals surface area (Å²) in [6.45, 7) is 0.275. The second-order valence-corrected chi connectivity index (χ2v) is 5.38. The SMILES string of the molecule is OCC1CCC2=C3C(=c4ccccc4=C31)C=CC2. The number of hydrogen-bond acceptors (Lipinski definition) is 1. The largest absolute Gasteiger partial charge is 0.396 e. The van der Waals surface area contributed by atoms with Gasteiger partial charge >= 0.3 is 0 Å². The molecule has 0 saturated carbocycles. The van der Waals surface area contributed by atoms with E-state index < -0.39 is 0 Å². The molecule has 1 N–H and O–H groups in total. The summed E-state index contributed by atoms with van der Waals surface area (Å²) in [5.74, 6) is 0.328. The molecule has 0 amide bonds. The Hall–Kier alpha value is -1.60. The number of aliphatic hydroxyl groups is 1. The first-order valence-electron chi connectivity index (χ1n) is 6.74. The summed E-state index contributed by atoms with van der Waals surface area (Å²) in [6.07, 6.45) is 7.89. The van der Waals surface area contributed by atoms with Crippen molar-refractivity contribution in [2.75, 3.05) is 6.61 Å². The maximum absolute atomic E-state index is 9.66. The van der Waals surface area contributed by atoms with Gasteiger partial charge < -0.3 is 5.11 Å². The highest BCUT2D eigenvalue weighted by Gasteiger charge is 2.31. The molecule has 0 spiro atoms. The molecule has 1 aromatic carbocycles. The molecule has 0 radical (unpaired) electrons. The fraction of sp³-hybridized carbons (Fsp3) is 0.294. The van der Waals surface area contributed by atoms with Crippen LogP contribution >= 0.6 is 0 Å². The lowest BCUT2D eigenvalue weighted by Gasteiger charge is -2.29. The van der Waals surface area contributed by atoms with Crippen molar-refractivity contribution in [1.29, 1.82) is 0 Å². The molecule has 1 aromatic rings. The summed E-state index contributed by atoms with van der Waals surface area (Å²) >= 11 is 0. The smallest absolute Gasteiger partial charge is 0.0500 e. The number of allylic oxidation sites excluding steroid dienone is 4. The molecule has 0 saturated heterocycles. The van der Waals surface area contributed by atoms with Crippen LogP contribution in [-0.4, -0.2) is 11.7 Å². The second-order valence-electron chi connectivity index (χ2n) is 5.38. The maximum atomic E-state index is 9.66. The quantitative estimate of drug-likeness (QED) is 0.786. The van der Waals surface area contributed by atoms with Crippen molar-refractivity contribution in [3.8, 4) is 0 Å². The van der Waals surface area contributed by atoms with Crippen LogP contribution in [0.4, 0.5) is 0 Å². The number of rotatable bonds is 1. The van der Waals surface area contributed by atoms with Crippen molar-refractivity contribution in [1.82, 2.24) is 0 Å². The van der Waals surface area contributed by atoms with Gasteiger partial charge in [0.15, 0.2) is 0 Å². The third-order valence-electron chi connectivity index (χ3n) is 4.47. The molecule has 1 unspecified atom stereocenters. The highest BCUT2D eigenvalue weighted by Crippen LogP contribution is 2.43. The molecule has 1 atom stereocenters. The minimum absolute atomic E-state index is 0.275. The van der Waals surface area contributed by atoms with Gasteiger partial charge in [0.05, 0.1) is 0 Å². The first-order valence-corrected chi connectivity index (χ1v) is 6.74. The fourth-order valence-corrected chi connectivity index (χ4v) is 3.67. The number of fused-ring (bicyclic) bond motifs is 1. The summed E-state index contributed by atoms with van der Waals surface area (Å²) in [5.41, 5.74) is 5.83. The molecule has 90 valence electrons. The zero-order chi connectivity index (χ0) is 12.1. The van der Waals surface area contributed by atoms with E-state index in [1.54, 1.807) is 5.57 Å².